The van der Waals surface area contributed by atoms with Gasteiger partial charge in [0.15, 0.2) is 5.11 Å². The third kappa shape index (κ3) is 4.17. The normalized spacial score (nSPS) is 10.3. The van der Waals surface area contributed by atoms with Crippen molar-refractivity contribution < 1.29 is 4.42 Å². The third-order valence-corrected chi connectivity index (χ3v) is 3.55. The Bertz CT molecular complexity index is 799. The fourth-order valence-corrected chi connectivity index (χ4v) is 2.34. The first-order chi connectivity index (χ1) is 11.2. The monoisotopic (exact) mass is 323 g/mol. The number of thiocarbonyl (C=S) groups is 1. The first-order valence-corrected chi connectivity index (χ1v) is 7.73. The van der Waals surface area contributed by atoms with Crippen molar-refractivity contribution in [3.8, 4) is 11.3 Å². The van der Waals surface area contributed by atoms with Crippen LogP contribution in [0.5, 0.6) is 0 Å². The van der Waals surface area contributed by atoms with Gasteiger partial charge in [0.2, 0.25) is 0 Å². The van der Waals surface area contributed by atoms with Gasteiger partial charge in [0.25, 0.3) is 0 Å². The molecule has 5 heteroatoms. The van der Waals surface area contributed by atoms with Crippen LogP contribution in [0.1, 0.15) is 11.3 Å². The van der Waals surface area contributed by atoms with Crippen LogP contribution in [-0.2, 0) is 6.54 Å². The Morgan fingerprint density at radius 2 is 1.96 bits per heavy atom. The van der Waals surface area contributed by atoms with E-state index in [0.717, 1.165) is 28.5 Å². The van der Waals surface area contributed by atoms with E-state index >= 15 is 0 Å². The van der Waals surface area contributed by atoms with Gasteiger partial charge in [0.05, 0.1) is 6.54 Å². The second kappa shape index (κ2) is 7.07. The van der Waals surface area contributed by atoms with Gasteiger partial charge in [-0.2, -0.15) is 0 Å². The standard InChI is InChI=1S/C18H17N3OS/c1-13-9-10-19-17(11-13)21-18(23)20-12-15-7-8-16(22-15)14-5-3-2-4-6-14/h2-11H,12H2,1H3,(H2,19,20,21,23). The van der Waals surface area contributed by atoms with Gasteiger partial charge in [-0.05, 0) is 49.0 Å². The molecule has 0 aliphatic rings. The van der Waals surface area contributed by atoms with Gasteiger partial charge in [0, 0.05) is 11.8 Å². The van der Waals surface area contributed by atoms with E-state index in [-0.39, 0.29) is 0 Å². The lowest BCUT2D eigenvalue weighted by Gasteiger charge is -2.09. The molecule has 0 amide bonds. The lowest BCUT2D eigenvalue weighted by Crippen LogP contribution is -2.28. The van der Waals surface area contributed by atoms with Gasteiger partial charge < -0.3 is 15.1 Å². The number of hydrogen-bond donors (Lipinski definition) is 2. The first-order valence-electron chi connectivity index (χ1n) is 7.32. The number of nitrogens with one attached hydrogen (secondary N) is 2. The van der Waals surface area contributed by atoms with Gasteiger partial charge in [-0.15, -0.1) is 0 Å². The summed E-state index contributed by atoms with van der Waals surface area (Å²) in [6.07, 6.45) is 1.75. The number of aromatic nitrogens is 1. The largest absolute Gasteiger partial charge is 0.459 e. The van der Waals surface area contributed by atoms with Crippen molar-refractivity contribution in [3.05, 3.63) is 72.1 Å². The van der Waals surface area contributed by atoms with Crippen LogP contribution < -0.4 is 10.6 Å². The average molecular weight is 323 g/mol. The lowest BCUT2D eigenvalue weighted by molar-refractivity contribution is 0.516. The van der Waals surface area contributed by atoms with Crippen molar-refractivity contribution >= 4 is 23.1 Å². The van der Waals surface area contributed by atoms with Gasteiger partial charge in [-0.1, -0.05) is 30.3 Å². The van der Waals surface area contributed by atoms with E-state index in [1.54, 1.807) is 6.20 Å². The zero-order valence-corrected chi connectivity index (χ0v) is 13.6. The maximum Gasteiger partial charge on any atom is 0.172 e. The van der Waals surface area contributed by atoms with Crippen LogP contribution in [0.25, 0.3) is 11.3 Å². The molecule has 0 atom stereocenters. The summed E-state index contributed by atoms with van der Waals surface area (Å²) in [5.41, 5.74) is 2.19. The van der Waals surface area contributed by atoms with Gasteiger partial charge in [-0.3, -0.25) is 0 Å². The Balaban J connectivity index is 1.56. The van der Waals surface area contributed by atoms with E-state index < -0.39 is 0 Å². The molecule has 0 fully saturated rings. The van der Waals surface area contributed by atoms with Crippen LogP contribution in [0.3, 0.4) is 0 Å². The molecule has 0 aliphatic carbocycles. The van der Waals surface area contributed by atoms with Crippen molar-refractivity contribution in [2.75, 3.05) is 5.32 Å². The summed E-state index contributed by atoms with van der Waals surface area (Å²) in [5.74, 6) is 2.40. The van der Waals surface area contributed by atoms with Crippen LogP contribution in [0.2, 0.25) is 0 Å². The van der Waals surface area contributed by atoms with Crippen molar-refractivity contribution in [3.63, 3.8) is 0 Å². The van der Waals surface area contributed by atoms with Crippen LogP contribution in [0, 0.1) is 6.92 Å². The SMILES string of the molecule is Cc1ccnc(NC(=S)NCc2ccc(-c3ccccc3)o2)c1. The minimum Gasteiger partial charge on any atom is -0.459 e. The predicted molar refractivity (Wildman–Crippen MR) is 96.2 cm³/mol. The topological polar surface area (TPSA) is 50.1 Å². The molecule has 0 saturated heterocycles. The van der Waals surface area contributed by atoms with Crippen molar-refractivity contribution in [1.82, 2.24) is 10.3 Å². The molecule has 3 rings (SSSR count). The first kappa shape index (κ1) is 15.2. The number of benzene rings is 1. The third-order valence-electron chi connectivity index (χ3n) is 3.30. The number of furan rings is 1. The van der Waals surface area contributed by atoms with Crippen molar-refractivity contribution in [2.24, 2.45) is 0 Å². The number of nitrogens with zero attached hydrogens (tertiary/aromatic N) is 1. The highest BCUT2D eigenvalue weighted by molar-refractivity contribution is 7.80. The number of aryl methyl sites for hydroxylation is 1. The number of rotatable bonds is 4. The van der Waals surface area contributed by atoms with E-state index in [9.17, 15) is 0 Å². The maximum atomic E-state index is 5.82. The highest BCUT2D eigenvalue weighted by atomic mass is 32.1. The quantitative estimate of drug-likeness (QED) is 0.707. The molecular weight excluding hydrogens is 306 g/mol. The minimum absolute atomic E-state index is 0.515. The summed E-state index contributed by atoms with van der Waals surface area (Å²) in [6, 6.07) is 17.8. The van der Waals surface area contributed by atoms with Crippen molar-refractivity contribution in [2.45, 2.75) is 13.5 Å². The minimum atomic E-state index is 0.515. The van der Waals surface area contributed by atoms with Crippen LogP contribution in [-0.4, -0.2) is 10.1 Å². The van der Waals surface area contributed by atoms with Gasteiger partial charge >= 0.3 is 0 Å². The zero-order valence-electron chi connectivity index (χ0n) is 12.7. The Hall–Kier alpha value is -2.66. The molecule has 1 aromatic carbocycles. The van der Waals surface area contributed by atoms with Gasteiger partial charge in [0.1, 0.15) is 17.3 Å². The van der Waals surface area contributed by atoms with Crippen molar-refractivity contribution in [1.29, 1.82) is 0 Å². The molecule has 116 valence electrons. The summed E-state index contributed by atoms with van der Waals surface area (Å²) in [4.78, 5) is 4.22. The highest BCUT2D eigenvalue weighted by Crippen LogP contribution is 2.21. The molecule has 0 radical (unpaired) electrons. The summed E-state index contributed by atoms with van der Waals surface area (Å²) in [6.45, 7) is 2.53. The number of anilines is 1. The summed E-state index contributed by atoms with van der Waals surface area (Å²) in [5, 5.41) is 6.69. The molecule has 2 heterocycles. The molecule has 2 N–H and O–H groups in total. The van der Waals surface area contributed by atoms with Crippen LogP contribution >= 0.6 is 12.2 Å². The summed E-state index contributed by atoms with van der Waals surface area (Å²) in [7, 11) is 0. The molecule has 4 nitrogen and oxygen atoms in total. The number of pyridine rings is 1. The fraction of sp³-hybridized carbons (Fsp3) is 0.111. The van der Waals surface area contributed by atoms with E-state index in [0.29, 0.717) is 11.7 Å². The van der Waals surface area contributed by atoms with E-state index in [1.165, 1.54) is 0 Å². The molecule has 3 aromatic rings. The van der Waals surface area contributed by atoms with Crippen LogP contribution in [0.4, 0.5) is 5.82 Å². The predicted octanol–water partition coefficient (Wildman–Crippen LogP) is 4.14. The number of hydrogen-bond acceptors (Lipinski definition) is 3. The molecule has 0 bridgehead atoms. The molecule has 0 spiro atoms. The molecule has 0 saturated carbocycles. The Morgan fingerprint density at radius 3 is 2.74 bits per heavy atom. The molecular formula is C18H17N3OS. The van der Waals surface area contributed by atoms with E-state index in [4.69, 9.17) is 16.6 Å². The molecule has 2 aromatic heterocycles. The molecule has 23 heavy (non-hydrogen) atoms. The highest BCUT2D eigenvalue weighted by Gasteiger charge is 2.05. The zero-order chi connectivity index (χ0) is 16.1. The second-order valence-corrected chi connectivity index (χ2v) is 5.57. The Morgan fingerprint density at radius 1 is 1.13 bits per heavy atom. The molecule has 0 unspecified atom stereocenters. The summed E-state index contributed by atoms with van der Waals surface area (Å²) >= 11 is 5.27. The van der Waals surface area contributed by atoms with Gasteiger partial charge in [-0.25, -0.2) is 4.98 Å². The van der Waals surface area contributed by atoms with E-state index in [1.807, 2.05) is 61.5 Å². The Kier molecular flexibility index (Phi) is 4.68. The molecule has 0 aliphatic heterocycles. The summed E-state index contributed by atoms with van der Waals surface area (Å²) < 4.78 is 5.82. The Labute approximate surface area is 140 Å². The van der Waals surface area contributed by atoms with Crippen LogP contribution in [0.15, 0.2) is 65.2 Å². The lowest BCUT2D eigenvalue weighted by atomic mass is 10.2. The van der Waals surface area contributed by atoms with E-state index in [2.05, 4.69) is 15.6 Å². The maximum absolute atomic E-state index is 5.82. The smallest absolute Gasteiger partial charge is 0.172 e. The average Bonchev–Trinajstić information content (AvgIpc) is 3.03. The second-order valence-electron chi connectivity index (χ2n) is 5.16. The fourth-order valence-electron chi connectivity index (χ4n) is 2.16.